The largest absolute Gasteiger partial charge is 0.364 e. The van der Waals surface area contributed by atoms with Gasteiger partial charge >= 0.3 is 5.38 Å². The Morgan fingerprint density at radius 2 is 1.96 bits per heavy atom. The lowest BCUT2D eigenvalue weighted by molar-refractivity contribution is 0.0868. The molecule has 1 aromatic carbocycles. The molecule has 0 unspecified atom stereocenters. The van der Waals surface area contributed by atoms with Crippen LogP contribution in [-0.4, -0.2) is 20.5 Å². The first-order valence-electron chi connectivity index (χ1n) is 7.63. The van der Waals surface area contributed by atoms with E-state index in [1.807, 2.05) is 19.1 Å². The molecule has 0 aliphatic rings. The minimum absolute atomic E-state index is 0.0279. The first kappa shape index (κ1) is 17.3. The van der Waals surface area contributed by atoms with Crippen LogP contribution in [0.2, 0.25) is 0 Å². The number of aromatic nitrogens is 3. The summed E-state index contributed by atoms with van der Waals surface area (Å²) in [5, 5.41) is 2.98. The SMILES string of the molecule is CCc1ccc(NC(=O)c2cc3nc(C)cc(C(F)(F)Cl)n3n2)cc1. The van der Waals surface area contributed by atoms with Gasteiger partial charge in [-0.25, -0.2) is 9.50 Å². The minimum atomic E-state index is -3.62. The van der Waals surface area contributed by atoms with Gasteiger partial charge in [0.1, 0.15) is 5.69 Å². The van der Waals surface area contributed by atoms with Gasteiger partial charge in [-0.15, -0.1) is 0 Å². The van der Waals surface area contributed by atoms with Crippen LogP contribution in [0.1, 0.15) is 34.4 Å². The van der Waals surface area contributed by atoms with E-state index in [1.54, 1.807) is 19.1 Å². The van der Waals surface area contributed by atoms with Crippen LogP contribution in [0.15, 0.2) is 36.4 Å². The average molecular weight is 365 g/mol. The standard InChI is InChI=1S/C17H15ClF2N4O/c1-3-11-4-6-12(7-5-11)22-16(25)13-9-15-21-10(2)8-14(17(18,19)20)24(15)23-13/h4-9H,3H2,1-2H3,(H,22,25). The summed E-state index contributed by atoms with van der Waals surface area (Å²) in [6.07, 6.45) is 0.890. The van der Waals surface area contributed by atoms with E-state index < -0.39 is 17.0 Å². The topological polar surface area (TPSA) is 59.3 Å². The van der Waals surface area contributed by atoms with Crippen molar-refractivity contribution in [3.05, 3.63) is 59.0 Å². The summed E-state index contributed by atoms with van der Waals surface area (Å²) in [4.78, 5) is 16.5. The highest BCUT2D eigenvalue weighted by Gasteiger charge is 2.32. The van der Waals surface area contributed by atoms with Crippen molar-refractivity contribution >= 4 is 28.8 Å². The highest BCUT2D eigenvalue weighted by atomic mass is 35.5. The molecule has 5 nitrogen and oxygen atoms in total. The van der Waals surface area contributed by atoms with Gasteiger partial charge in [0.05, 0.1) is 0 Å². The van der Waals surface area contributed by atoms with E-state index in [0.29, 0.717) is 11.4 Å². The molecule has 3 aromatic rings. The molecular weight excluding hydrogens is 350 g/mol. The van der Waals surface area contributed by atoms with Crippen LogP contribution in [0.3, 0.4) is 0 Å². The molecule has 2 aromatic heterocycles. The molecule has 1 N–H and O–H groups in total. The third-order valence-electron chi connectivity index (χ3n) is 3.70. The number of hydrogen-bond donors (Lipinski definition) is 1. The first-order chi connectivity index (χ1) is 11.8. The Morgan fingerprint density at radius 3 is 2.56 bits per heavy atom. The molecule has 130 valence electrons. The Labute approximate surface area is 147 Å². The second kappa shape index (κ2) is 6.40. The quantitative estimate of drug-likeness (QED) is 0.708. The number of carbonyl (C=O) groups excluding carboxylic acids is 1. The molecule has 0 aliphatic carbocycles. The van der Waals surface area contributed by atoms with Crippen LogP contribution in [0, 0.1) is 6.92 Å². The summed E-state index contributed by atoms with van der Waals surface area (Å²) in [7, 11) is 0. The van der Waals surface area contributed by atoms with Gasteiger partial charge in [0.25, 0.3) is 5.91 Å². The summed E-state index contributed by atoms with van der Waals surface area (Å²) in [6, 6.07) is 9.82. The molecule has 0 spiro atoms. The molecular formula is C17H15ClF2N4O. The van der Waals surface area contributed by atoms with E-state index in [2.05, 4.69) is 15.4 Å². The first-order valence-corrected chi connectivity index (χ1v) is 8.00. The molecule has 0 aliphatic heterocycles. The number of anilines is 1. The molecule has 1 amide bonds. The number of aryl methyl sites for hydroxylation is 2. The zero-order chi connectivity index (χ0) is 18.2. The Hall–Kier alpha value is -2.54. The van der Waals surface area contributed by atoms with Gasteiger partial charge in [0.2, 0.25) is 0 Å². The monoisotopic (exact) mass is 364 g/mol. The van der Waals surface area contributed by atoms with Gasteiger partial charge in [-0.05, 0) is 48.7 Å². The summed E-state index contributed by atoms with van der Waals surface area (Å²) < 4.78 is 28.0. The van der Waals surface area contributed by atoms with E-state index in [0.717, 1.165) is 22.6 Å². The van der Waals surface area contributed by atoms with Crippen molar-refractivity contribution in [2.45, 2.75) is 25.7 Å². The summed E-state index contributed by atoms with van der Waals surface area (Å²) >= 11 is 5.13. The van der Waals surface area contributed by atoms with Crippen molar-refractivity contribution < 1.29 is 13.6 Å². The van der Waals surface area contributed by atoms with E-state index in [-0.39, 0.29) is 11.3 Å². The molecule has 25 heavy (non-hydrogen) atoms. The fourth-order valence-electron chi connectivity index (χ4n) is 2.43. The van der Waals surface area contributed by atoms with Crippen molar-refractivity contribution in [1.29, 1.82) is 0 Å². The molecule has 0 fully saturated rings. The van der Waals surface area contributed by atoms with E-state index >= 15 is 0 Å². The highest BCUT2D eigenvalue weighted by molar-refractivity contribution is 6.21. The zero-order valence-electron chi connectivity index (χ0n) is 13.6. The number of hydrogen-bond acceptors (Lipinski definition) is 3. The second-order valence-electron chi connectivity index (χ2n) is 5.58. The molecule has 0 saturated heterocycles. The number of nitrogens with zero attached hydrogens (tertiary/aromatic N) is 3. The van der Waals surface area contributed by atoms with E-state index in [9.17, 15) is 13.6 Å². The number of benzene rings is 1. The number of rotatable bonds is 4. The number of alkyl halides is 3. The van der Waals surface area contributed by atoms with Crippen LogP contribution >= 0.6 is 11.6 Å². The van der Waals surface area contributed by atoms with Gasteiger partial charge < -0.3 is 5.32 Å². The summed E-state index contributed by atoms with van der Waals surface area (Å²) in [6.45, 7) is 3.59. The van der Waals surface area contributed by atoms with Crippen LogP contribution in [-0.2, 0) is 11.8 Å². The van der Waals surface area contributed by atoms with Crippen LogP contribution in [0.4, 0.5) is 14.5 Å². The smallest absolute Gasteiger partial charge is 0.321 e. The highest BCUT2D eigenvalue weighted by Crippen LogP contribution is 2.32. The number of amides is 1. The van der Waals surface area contributed by atoms with E-state index in [4.69, 9.17) is 11.6 Å². The minimum Gasteiger partial charge on any atom is -0.321 e. The fourth-order valence-corrected chi connectivity index (χ4v) is 2.57. The zero-order valence-corrected chi connectivity index (χ0v) is 14.3. The second-order valence-corrected chi connectivity index (χ2v) is 6.06. The lowest BCUT2D eigenvalue weighted by Gasteiger charge is -2.10. The predicted molar refractivity (Wildman–Crippen MR) is 91.2 cm³/mol. The predicted octanol–water partition coefficient (Wildman–Crippen LogP) is 4.14. The normalized spacial score (nSPS) is 11.7. The lowest BCUT2D eigenvalue weighted by atomic mass is 10.1. The Morgan fingerprint density at radius 1 is 1.28 bits per heavy atom. The van der Waals surface area contributed by atoms with Crippen molar-refractivity contribution in [3.63, 3.8) is 0 Å². The number of carbonyl (C=O) groups is 1. The number of fused-ring (bicyclic) bond motifs is 1. The van der Waals surface area contributed by atoms with Gasteiger partial charge in [-0.3, -0.25) is 4.79 Å². The van der Waals surface area contributed by atoms with Gasteiger partial charge in [0.15, 0.2) is 11.3 Å². The molecule has 0 atom stereocenters. The van der Waals surface area contributed by atoms with Crippen molar-refractivity contribution in [3.8, 4) is 0 Å². The third-order valence-corrected chi connectivity index (χ3v) is 3.89. The number of halogens is 3. The maximum atomic E-state index is 13.6. The fraction of sp³-hybridized carbons (Fsp3) is 0.235. The van der Waals surface area contributed by atoms with Crippen molar-refractivity contribution in [1.82, 2.24) is 14.6 Å². The van der Waals surface area contributed by atoms with Crippen LogP contribution in [0.25, 0.3) is 5.65 Å². The Balaban J connectivity index is 1.94. The molecule has 8 heteroatoms. The molecule has 0 saturated carbocycles. The van der Waals surface area contributed by atoms with Crippen molar-refractivity contribution in [2.75, 3.05) is 5.32 Å². The third kappa shape index (κ3) is 3.61. The van der Waals surface area contributed by atoms with Gasteiger partial charge in [-0.1, -0.05) is 19.1 Å². The van der Waals surface area contributed by atoms with E-state index in [1.165, 1.54) is 6.07 Å². The molecule has 3 rings (SSSR count). The van der Waals surface area contributed by atoms with Crippen LogP contribution < -0.4 is 5.32 Å². The maximum absolute atomic E-state index is 13.6. The molecule has 2 heterocycles. The summed E-state index contributed by atoms with van der Waals surface area (Å²) in [5.41, 5.74) is 1.64. The maximum Gasteiger partial charge on any atom is 0.364 e. The van der Waals surface area contributed by atoms with Crippen LogP contribution in [0.5, 0.6) is 0 Å². The number of nitrogens with one attached hydrogen (secondary N) is 1. The Kier molecular flexibility index (Phi) is 4.43. The van der Waals surface area contributed by atoms with Gasteiger partial charge in [0, 0.05) is 17.4 Å². The molecule has 0 radical (unpaired) electrons. The Bertz CT molecular complexity index is 932. The van der Waals surface area contributed by atoms with Gasteiger partial charge in [-0.2, -0.15) is 13.9 Å². The van der Waals surface area contributed by atoms with Crippen molar-refractivity contribution in [2.24, 2.45) is 0 Å². The summed E-state index contributed by atoms with van der Waals surface area (Å²) in [5.74, 6) is -0.517. The lowest BCUT2D eigenvalue weighted by Crippen LogP contribution is -2.15. The molecule has 0 bridgehead atoms. The average Bonchev–Trinajstić information content (AvgIpc) is 2.97.